The zero-order chi connectivity index (χ0) is 23.2. The van der Waals surface area contributed by atoms with Crippen molar-refractivity contribution in [3.8, 4) is 5.75 Å². The number of benzene rings is 2. The van der Waals surface area contributed by atoms with Gasteiger partial charge in [-0.3, -0.25) is 4.79 Å². The number of fused-ring (bicyclic) bond motifs is 2. The molecule has 1 N–H and O–H groups in total. The Hall–Kier alpha value is -2.86. The fourth-order valence-corrected chi connectivity index (χ4v) is 5.45. The van der Waals surface area contributed by atoms with Crippen LogP contribution in [0.15, 0.2) is 48.5 Å². The molecule has 0 spiro atoms. The number of hydrogen-bond acceptors (Lipinski definition) is 6. The van der Waals surface area contributed by atoms with Crippen molar-refractivity contribution in [1.29, 1.82) is 0 Å². The molecule has 0 amide bonds. The summed E-state index contributed by atoms with van der Waals surface area (Å²) in [6.45, 7) is 2.49. The molecule has 0 aliphatic heterocycles. The lowest BCUT2D eigenvalue weighted by Gasteiger charge is -2.32. The van der Waals surface area contributed by atoms with E-state index in [0.717, 1.165) is 49.0 Å². The van der Waals surface area contributed by atoms with Crippen molar-refractivity contribution in [3.05, 3.63) is 65.2 Å². The van der Waals surface area contributed by atoms with Gasteiger partial charge in [0.05, 0.1) is 12.2 Å². The Bertz CT molecular complexity index is 943. The molecule has 2 aromatic carbocycles. The lowest BCUT2D eigenvalue weighted by atomic mass is 9.73. The Balaban J connectivity index is 1.35. The van der Waals surface area contributed by atoms with Gasteiger partial charge in [-0.2, -0.15) is 0 Å². The molecular formula is C27H32O6. The van der Waals surface area contributed by atoms with Crippen LogP contribution in [0.5, 0.6) is 5.75 Å². The van der Waals surface area contributed by atoms with Crippen LogP contribution >= 0.6 is 0 Å². The highest BCUT2D eigenvalue weighted by Gasteiger charge is 2.44. The Morgan fingerprint density at radius 2 is 1.97 bits per heavy atom. The number of aliphatic hydroxyl groups excluding tert-OH is 1. The molecule has 33 heavy (non-hydrogen) atoms. The van der Waals surface area contributed by atoms with Crippen LogP contribution in [0, 0.1) is 17.8 Å². The van der Waals surface area contributed by atoms with E-state index in [2.05, 4.69) is 6.07 Å². The number of carbonyl (C=O) groups is 2. The first kappa shape index (κ1) is 23.3. The van der Waals surface area contributed by atoms with Gasteiger partial charge in [0, 0.05) is 0 Å². The standard InChI is InChI=1S/C27H32O6/c1-18(33-17-28)10-11-22-23-12-20-8-5-9-26(24(20)13-21(23)14-25(22)29)31-16-27(30)32-15-19-6-3-2-4-7-19/h2-9,17-18,21-23,25,29H,10-16H2,1H3/t18-,21-,22+,23-,25+/m0/s1. The number of aliphatic hydroxyl groups is 1. The minimum absolute atomic E-state index is 0.128. The molecule has 2 aromatic rings. The normalized spacial score (nSPS) is 24.3. The number of rotatable bonds is 10. The summed E-state index contributed by atoms with van der Waals surface area (Å²) in [4.78, 5) is 22.7. The third kappa shape index (κ3) is 5.74. The summed E-state index contributed by atoms with van der Waals surface area (Å²) in [5.41, 5.74) is 3.30. The summed E-state index contributed by atoms with van der Waals surface area (Å²) in [6, 6.07) is 15.6. The molecule has 4 rings (SSSR count). The molecule has 0 radical (unpaired) electrons. The van der Waals surface area contributed by atoms with Gasteiger partial charge in [-0.05, 0) is 79.5 Å². The summed E-state index contributed by atoms with van der Waals surface area (Å²) < 4.78 is 16.2. The average molecular weight is 453 g/mol. The lowest BCUT2D eigenvalue weighted by Crippen LogP contribution is -2.28. The highest BCUT2D eigenvalue weighted by molar-refractivity contribution is 5.71. The molecule has 0 aromatic heterocycles. The molecule has 0 unspecified atom stereocenters. The van der Waals surface area contributed by atoms with E-state index in [1.807, 2.05) is 49.4 Å². The van der Waals surface area contributed by atoms with Gasteiger partial charge < -0.3 is 19.3 Å². The molecule has 0 saturated heterocycles. The topological polar surface area (TPSA) is 82.1 Å². The number of esters is 1. The largest absolute Gasteiger partial charge is 0.482 e. The molecule has 1 saturated carbocycles. The average Bonchev–Trinajstić information content (AvgIpc) is 3.13. The van der Waals surface area contributed by atoms with Gasteiger partial charge in [-0.25, -0.2) is 4.79 Å². The molecule has 1 fully saturated rings. The van der Waals surface area contributed by atoms with Crippen molar-refractivity contribution in [1.82, 2.24) is 0 Å². The smallest absolute Gasteiger partial charge is 0.344 e. The first-order valence-electron chi connectivity index (χ1n) is 11.8. The summed E-state index contributed by atoms with van der Waals surface area (Å²) >= 11 is 0. The summed E-state index contributed by atoms with van der Waals surface area (Å²) in [5.74, 6) is 1.33. The molecule has 2 aliphatic rings. The van der Waals surface area contributed by atoms with Crippen molar-refractivity contribution >= 4 is 12.4 Å². The summed E-state index contributed by atoms with van der Waals surface area (Å²) in [5, 5.41) is 10.7. The highest BCUT2D eigenvalue weighted by Crippen LogP contribution is 2.48. The van der Waals surface area contributed by atoms with Gasteiger partial charge in [0.1, 0.15) is 12.4 Å². The SMILES string of the molecule is C[C@@H](CC[C@@H]1[C@H]2Cc3cccc(OCC(=O)OCc4ccccc4)c3C[C@H]2C[C@H]1O)OC=O. The number of ether oxygens (including phenoxy) is 3. The molecule has 2 aliphatic carbocycles. The van der Waals surface area contributed by atoms with Crippen LogP contribution in [-0.4, -0.2) is 36.4 Å². The monoisotopic (exact) mass is 452 g/mol. The van der Waals surface area contributed by atoms with E-state index in [4.69, 9.17) is 14.2 Å². The van der Waals surface area contributed by atoms with E-state index in [1.54, 1.807) is 0 Å². The van der Waals surface area contributed by atoms with Crippen molar-refractivity contribution in [2.75, 3.05) is 6.61 Å². The Labute approximate surface area is 194 Å². The van der Waals surface area contributed by atoms with Gasteiger partial charge in [-0.1, -0.05) is 42.5 Å². The quantitative estimate of drug-likeness (QED) is 0.435. The maximum Gasteiger partial charge on any atom is 0.344 e. The van der Waals surface area contributed by atoms with Crippen molar-refractivity contribution < 1.29 is 28.9 Å². The van der Waals surface area contributed by atoms with Gasteiger partial charge >= 0.3 is 5.97 Å². The van der Waals surface area contributed by atoms with E-state index >= 15 is 0 Å². The number of carbonyl (C=O) groups excluding carboxylic acids is 2. The predicted molar refractivity (Wildman–Crippen MR) is 123 cm³/mol. The first-order chi connectivity index (χ1) is 16.0. The van der Waals surface area contributed by atoms with E-state index in [1.165, 1.54) is 5.56 Å². The van der Waals surface area contributed by atoms with Crippen LogP contribution in [0.1, 0.15) is 42.9 Å². The molecule has 6 nitrogen and oxygen atoms in total. The summed E-state index contributed by atoms with van der Waals surface area (Å²) in [7, 11) is 0. The Kier molecular flexibility index (Phi) is 7.65. The van der Waals surface area contributed by atoms with Crippen LogP contribution in [0.4, 0.5) is 0 Å². The van der Waals surface area contributed by atoms with Crippen molar-refractivity contribution in [2.45, 2.75) is 57.8 Å². The molecule has 176 valence electrons. The zero-order valence-electron chi connectivity index (χ0n) is 19.0. The van der Waals surface area contributed by atoms with E-state index in [0.29, 0.717) is 18.3 Å². The summed E-state index contributed by atoms with van der Waals surface area (Å²) in [6.07, 6.45) is 3.62. The van der Waals surface area contributed by atoms with E-state index in [9.17, 15) is 14.7 Å². The molecule has 5 atom stereocenters. The third-order valence-corrected chi connectivity index (χ3v) is 7.13. The zero-order valence-corrected chi connectivity index (χ0v) is 19.0. The second kappa shape index (κ2) is 10.8. The maximum atomic E-state index is 12.2. The minimum Gasteiger partial charge on any atom is -0.482 e. The first-order valence-corrected chi connectivity index (χ1v) is 11.8. The number of hydrogen-bond donors (Lipinski definition) is 1. The van der Waals surface area contributed by atoms with E-state index < -0.39 is 5.97 Å². The lowest BCUT2D eigenvalue weighted by molar-refractivity contribution is -0.147. The van der Waals surface area contributed by atoms with Crippen LogP contribution in [0.2, 0.25) is 0 Å². The predicted octanol–water partition coefficient (Wildman–Crippen LogP) is 3.86. The third-order valence-electron chi connectivity index (χ3n) is 7.13. The fraction of sp³-hybridized carbons (Fsp3) is 0.481. The van der Waals surface area contributed by atoms with Crippen molar-refractivity contribution in [3.63, 3.8) is 0 Å². The van der Waals surface area contributed by atoms with Gasteiger partial charge in [0.25, 0.3) is 6.47 Å². The van der Waals surface area contributed by atoms with Crippen LogP contribution in [-0.2, 0) is 38.5 Å². The highest BCUT2D eigenvalue weighted by atomic mass is 16.6. The molecule has 0 bridgehead atoms. The second-order valence-corrected chi connectivity index (χ2v) is 9.25. The maximum absolute atomic E-state index is 12.2. The molecule has 6 heteroatoms. The van der Waals surface area contributed by atoms with Gasteiger partial charge in [0.2, 0.25) is 0 Å². The van der Waals surface area contributed by atoms with E-state index in [-0.39, 0.29) is 31.3 Å². The second-order valence-electron chi connectivity index (χ2n) is 9.25. The fourth-order valence-electron chi connectivity index (χ4n) is 5.45. The van der Waals surface area contributed by atoms with Crippen molar-refractivity contribution in [2.24, 2.45) is 17.8 Å². The molecule has 0 heterocycles. The van der Waals surface area contributed by atoms with Gasteiger partial charge in [0.15, 0.2) is 6.61 Å². The molecular weight excluding hydrogens is 420 g/mol. The Morgan fingerprint density at radius 1 is 1.15 bits per heavy atom. The van der Waals surface area contributed by atoms with Crippen LogP contribution < -0.4 is 4.74 Å². The minimum atomic E-state index is -0.395. The van der Waals surface area contributed by atoms with Crippen LogP contribution in [0.3, 0.4) is 0 Å². The van der Waals surface area contributed by atoms with Crippen LogP contribution in [0.25, 0.3) is 0 Å². The van der Waals surface area contributed by atoms with Gasteiger partial charge in [-0.15, -0.1) is 0 Å². The Morgan fingerprint density at radius 3 is 2.76 bits per heavy atom.